The van der Waals surface area contributed by atoms with Gasteiger partial charge < -0.3 is 16.2 Å². The molecule has 0 fully saturated rings. The summed E-state index contributed by atoms with van der Waals surface area (Å²) < 4.78 is 26.1. The summed E-state index contributed by atoms with van der Waals surface area (Å²) in [5, 5.41) is 16.1. The molecule has 0 bridgehead atoms. The number of amides is 1. The van der Waals surface area contributed by atoms with Gasteiger partial charge in [-0.2, -0.15) is 0 Å². The molecule has 0 spiro atoms. The number of nitrogens with one attached hydrogen (secondary N) is 1. The van der Waals surface area contributed by atoms with Crippen LogP contribution in [-0.2, 0) is 9.59 Å². The van der Waals surface area contributed by atoms with Gasteiger partial charge in [0, 0.05) is 6.07 Å². The number of aliphatic carboxylic acids is 1. The lowest BCUT2D eigenvalue weighted by Crippen LogP contribution is -2.48. The molecule has 0 unspecified atom stereocenters. The third-order valence-electron chi connectivity index (χ3n) is 2.05. The number of primary amides is 1. The first-order chi connectivity index (χ1) is 8.32. The van der Waals surface area contributed by atoms with Gasteiger partial charge in [-0.05, 0) is 6.07 Å². The van der Waals surface area contributed by atoms with E-state index in [1.165, 1.54) is 0 Å². The molecule has 6 nitrogen and oxygen atoms in total. The summed E-state index contributed by atoms with van der Waals surface area (Å²) in [7, 11) is 0. The van der Waals surface area contributed by atoms with E-state index in [0.717, 1.165) is 0 Å². The molecule has 0 saturated heterocycles. The van der Waals surface area contributed by atoms with Crippen molar-refractivity contribution in [2.45, 2.75) is 0 Å². The maximum Gasteiger partial charge on any atom is 0.322 e. The second-order valence-corrected chi connectivity index (χ2v) is 3.34. The summed E-state index contributed by atoms with van der Waals surface area (Å²) in [6.45, 7) is -0.551. The molecular formula is C10H10F2N3O3+. The molecule has 8 heteroatoms. The predicted molar refractivity (Wildman–Crippen MR) is 57.7 cm³/mol. The van der Waals surface area contributed by atoms with Gasteiger partial charge in [-0.1, -0.05) is 0 Å². The Morgan fingerprint density at radius 2 is 1.89 bits per heavy atom. The smallest absolute Gasteiger partial charge is 0.322 e. The molecule has 1 aromatic rings. The van der Waals surface area contributed by atoms with Crippen molar-refractivity contribution in [3.63, 3.8) is 0 Å². The number of benzene rings is 1. The fraction of sp³-hybridized carbons (Fsp3) is 0.100. The van der Waals surface area contributed by atoms with Crippen molar-refractivity contribution in [2.24, 2.45) is 5.73 Å². The predicted octanol–water partition coefficient (Wildman–Crippen LogP) is -1.51. The van der Waals surface area contributed by atoms with E-state index in [0.29, 0.717) is 12.1 Å². The minimum absolute atomic E-state index is 0.132. The summed E-state index contributed by atoms with van der Waals surface area (Å²) >= 11 is 0. The van der Waals surface area contributed by atoms with Gasteiger partial charge in [-0.3, -0.25) is 9.59 Å². The highest BCUT2D eigenvalue weighted by molar-refractivity contribution is 6.43. The van der Waals surface area contributed by atoms with Gasteiger partial charge in [0.1, 0.15) is 6.54 Å². The number of carbonyl (C=O) groups is 2. The molecular weight excluding hydrogens is 248 g/mol. The largest absolute Gasteiger partial charge is 0.480 e. The summed E-state index contributed by atoms with van der Waals surface area (Å²) in [4.78, 5) is 21.3. The lowest BCUT2D eigenvalue weighted by molar-refractivity contribution is -0.135. The number of hydrogen-bond donors (Lipinski definition) is 4. The molecule has 96 valence electrons. The number of carboxylic acids is 1. The van der Waals surface area contributed by atoms with Gasteiger partial charge in [0.25, 0.3) is 5.71 Å². The molecule has 0 saturated carbocycles. The summed E-state index contributed by atoms with van der Waals surface area (Å²) in [6, 6.07) is 1.36. The number of nitrogens with two attached hydrogens (primary N) is 2. The van der Waals surface area contributed by atoms with Crippen molar-refractivity contribution in [3.05, 3.63) is 29.3 Å². The second kappa shape index (κ2) is 5.21. The molecule has 0 radical (unpaired) electrons. The van der Waals surface area contributed by atoms with E-state index in [4.69, 9.17) is 16.2 Å². The van der Waals surface area contributed by atoms with Crippen molar-refractivity contribution in [1.29, 1.82) is 0 Å². The maximum absolute atomic E-state index is 13.0. The molecule has 0 aliphatic heterocycles. The summed E-state index contributed by atoms with van der Waals surface area (Å²) in [5.74, 6) is -4.68. The number of carbonyl (C=O) groups excluding carboxylic acids is 1. The Morgan fingerprint density at radius 1 is 1.33 bits per heavy atom. The molecule has 0 atom stereocenters. The minimum atomic E-state index is -1.23. The van der Waals surface area contributed by atoms with Gasteiger partial charge in [0.05, 0.1) is 11.3 Å². The number of rotatable bonds is 5. The normalized spacial score (nSPS) is 9.89. The molecule has 1 rings (SSSR count). The van der Waals surface area contributed by atoms with E-state index in [2.05, 4.69) is 5.32 Å². The Bertz CT molecular complexity index is 531. The zero-order valence-corrected chi connectivity index (χ0v) is 9.04. The van der Waals surface area contributed by atoms with E-state index >= 15 is 0 Å². The average molecular weight is 258 g/mol. The van der Waals surface area contributed by atoms with Crippen LogP contribution >= 0.6 is 0 Å². The highest BCUT2D eigenvalue weighted by Crippen LogP contribution is 2.19. The van der Waals surface area contributed by atoms with Crippen molar-refractivity contribution in [1.82, 2.24) is 0 Å². The second-order valence-electron chi connectivity index (χ2n) is 3.34. The maximum atomic E-state index is 13.0. The Morgan fingerprint density at radius 3 is 2.39 bits per heavy atom. The van der Waals surface area contributed by atoms with Crippen LogP contribution < -0.4 is 16.5 Å². The van der Waals surface area contributed by atoms with Gasteiger partial charge in [0.2, 0.25) is 0 Å². The fourth-order valence-corrected chi connectivity index (χ4v) is 1.22. The minimum Gasteiger partial charge on any atom is -0.480 e. The van der Waals surface area contributed by atoms with Crippen LogP contribution in [-0.4, -0.2) is 29.2 Å². The van der Waals surface area contributed by atoms with Crippen LogP contribution in [0.2, 0.25) is 0 Å². The van der Waals surface area contributed by atoms with Crippen molar-refractivity contribution in [2.75, 3.05) is 11.9 Å². The highest BCUT2D eigenvalue weighted by Gasteiger charge is 2.21. The van der Waals surface area contributed by atoms with Gasteiger partial charge in [-0.25, -0.2) is 14.2 Å². The first-order valence-electron chi connectivity index (χ1n) is 4.70. The number of carboxylic acid groups (broad SMARTS) is 1. The fourth-order valence-electron chi connectivity index (χ4n) is 1.22. The lowest BCUT2D eigenvalue weighted by atomic mass is 10.1. The van der Waals surface area contributed by atoms with Crippen LogP contribution in [0.1, 0.15) is 5.56 Å². The molecule has 1 aromatic carbocycles. The Labute approximate surface area is 99.9 Å². The Hall–Kier alpha value is -2.51. The SMILES string of the molecule is NC(=O)C(=[NH2+])c1cc(F)c(F)cc1NCC(=O)O. The zero-order chi connectivity index (χ0) is 13.9. The Kier molecular flexibility index (Phi) is 3.93. The average Bonchev–Trinajstić information content (AvgIpc) is 2.28. The third-order valence-corrected chi connectivity index (χ3v) is 2.05. The summed E-state index contributed by atoms with van der Waals surface area (Å²) in [5.41, 5.74) is 4.10. The monoisotopic (exact) mass is 258 g/mol. The van der Waals surface area contributed by atoms with E-state index in [1.54, 1.807) is 0 Å². The van der Waals surface area contributed by atoms with E-state index in [-0.39, 0.29) is 11.3 Å². The number of hydrogen-bond acceptors (Lipinski definition) is 3. The first-order valence-corrected chi connectivity index (χ1v) is 4.70. The molecule has 6 N–H and O–H groups in total. The van der Waals surface area contributed by atoms with Crippen LogP contribution in [0.3, 0.4) is 0 Å². The van der Waals surface area contributed by atoms with Crippen molar-refractivity contribution in [3.8, 4) is 0 Å². The lowest BCUT2D eigenvalue weighted by Gasteiger charge is -2.08. The van der Waals surface area contributed by atoms with Crippen LogP contribution in [0.15, 0.2) is 12.1 Å². The number of halogens is 2. The molecule has 0 aliphatic carbocycles. The zero-order valence-electron chi connectivity index (χ0n) is 9.04. The van der Waals surface area contributed by atoms with Gasteiger partial charge in [-0.15, -0.1) is 0 Å². The van der Waals surface area contributed by atoms with E-state index in [9.17, 15) is 18.4 Å². The van der Waals surface area contributed by atoms with Crippen LogP contribution in [0.25, 0.3) is 0 Å². The molecule has 0 heterocycles. The molecule has 0 aliphatic rings. The van der Waals surface area contributed by atoms with Crippen LogP contribution in [0, 0.1) is 11.6 Å². The van der Waals surface area contributed by atoms with Gasteiger partial charge >= 0.3 is 11.9 Å². The van der Waals surface area contributed by atoms with Gasteiger partial charge in [0.15, 0.2) is 11.6 Å². The van der Waals surface area contributed by atoms with Crippen molar-refractivity contribution < 1.29 is 28.9 Å². The van der Waals surface area contributed by atoms with E-state index in [1.807, 2.05) is 0 Å². The standard InChI is InChI=1S/C10H9F2N3O3/c11-5-1-4(9(13)10(14)18)7(2-6(5)12)15-3-8(16)17/h1-2,13,15H,3H2,(H2,14,18)(H,16,17)/p+1. The highest BCUT2D eigenvalue weighted by atomic mass is 19.2. The van der Waals surface area contributed by atoms with Crippen molar-refractivity contribution >= 4 is 23.3 Å². The topological polar surface area (TPSA) is 118 Å². The van der Waals surface area contributed by atoms with E-state index < -0.39 is 35.8 Å². The molecule has 1 amide bonds. The molecule has 18 heavy (non-hydrogen) atoms. The Balaban J connectivity index is 3.20. The molecule has 0 aromatic heterocycles. The van der Waals surface area contributed by atoms with Crippen LogP contribution in [0.4, 0.5) is 14.5 Å². The third kappa shape index (κ3) is 3.00. The quantitative estimate of drug-likeness (QED) is 0.480. The summed E-state index contributed by atoms with van der Waals surface area (Å²) in [6.07, 6.45) is 0. The first kappa shape index (κ1) is 13.6. The number of anilines is 1. The van der Waals surface area contributed by atoms with Crippen LogP contribution in [0.5, 0.6) is 0 Å².